The maximum atomic E-state index is 3.87. The van der Waals surface area contributed by atoms with Crippen LogP contribution < -0.4 is 5.32 Å². The van der Waals surface area contributed by atoms with Gasteiger partial charge in [-0.3, -0.25) is 4.90 Å². The summed E-state index contributed by atoms with van der Waals surface area (Å²) >= 11 is 4.32. The Labute approximate surface area is 114 Å². The van der Waals surface area contributed by atoms with Crippen molar-refractivity contribution in [3.8, 4) is 0 Å². The van der Waals surface area contributed by atoms with E-state index in [1.165, 1.54) is 62.6 Å². The molecule has 0 bridgehead atoms. The molecule has 3 saturated heterocycles. The summed E-state index contributed by atoms with van der Waals surface area (Å²) in [7, 11) is 0. The summed E-state index contributed by atoms with van der Waals surface area (Å²) in [4.78, 5) is 2.73. The van der Waals surface area contributed by atoms with Crippen LogP contribution in [-0.4, -0.2) is 59.1 Å². The first kappa shape index (κ1) is 12.6. The highest BCUT2D eigenvalue weighted by Gasteiger charge is 2.35. The molecule has 3 aliphatic rings. The van der Waals surface area contributed by atoms with Gasteiger partial charge >= 0.3 is 0 Å². The third kappa shape index (κ3) is 3.14. The second kappa shape index (κ2) is 6.18. The molecule has 98 valence electrons. The van der Waals surface area contributed by atoms with Gasteiger partial charge in [0.1, 0.15) is 0 Å². The number of fused-ring (bicyclic) bond motifs is 1. The maximum Gasteiger partial charge on any atom is 0.0263 e. The Hall–Kier alpha value is 0.620. The topological polar surface area (TPSA) is 15.3 Å². The first-order valence-corrected chi connectivity index (χ1v) is 9.30. The zero-order valence-corrected chi connectivity index (χ0v) is 12.2. The fourth-order valence-corrected chi connectivity index (χ4v) is 6.05. The van der Waals surface area contributed by atoms with E-state index in [2.05, 4.69) is 33.7 Å². The Bertz CT molecular complexity index is 244. The van der Waals surface area contributed by atoms with Gasteiger partial charge in [-0.05, 0) is 25.8 Å². The van der Waals surface area contributed by atoms with Gasteiger partial charge in [-0.25, -0.2) is 0 Å². The van der Waals surface area contributed by atoms with Crippen LogP contribution in [0.25, 0.3) is 0 Å². The lowest BCUT2D eigenvalue weighted by molar-refractivity contribution is 0.181. The summed E-state index contributed by atoms with van der Waals surface area (Å²) in [5.74, 6) is 4.08. The highest BCUT2D eigenvalue weighted by molar-refractivity contribution is 8.06. The molecule has 17 heavy (non-hydrogen) atoms. The van der Waals surface area contributed by atoms with Crippen LogP contribution in [0.2, 0.25) is 0 Å². The molecule has 3 atom stereocenters. The van der Waals surface area contributed by atoms with Gasteiger partial charge in [-0.2, -0.15) is 23.5 Å². The summed E-state index contributed by atoms with van der Waals surface area (Å²) in [6.45, 7) is 3.94. The molecule has 0 amide bonds. The van der Waals surface area contributed by atoms with Crippen molar-refractivity contribution in [1.82, 2.24) is 10.2 Å². The molecule has 0 radical (unpaired) electrons. The molecule has 0 aromatic heterocycles. The monoisotopic (exact) mass is 272 g/mol. The van der Waals surface area contributed by atoms with Gasteiger partial charge in [-0.1, -0.05) is 6.42 Å². The Kier molecular flexibility index (Phi) is 4.59. The lowest BCUT2D eigenvalue weighted by Gasteiger charge is -2.33. The molecule has 3 fully saturated rings. The number of rotatable bonds is 3. The minimum absolute atomic E-state index is 0.794. The third-order valence-electron chi connectivity index (χ3n) is 4.35. The largest absolute Gasteiger partial charge is 0.311 e. The normalized spacial score (nSPS) is 39.2. The van der Waals surface area contributed by atoms with Crippen molar-refractivity contribution in [2.24, 2.45) is 0 Å². The van der Waals surface area contributed by atoms with Gasteiger partial charge in [-0.15, -0.1) is 0 Å². The molecule has 3 rings (SSSR count). The number of nitrogens with zero attached hydrogens (tertiary/aromatic N) is 1. The zero-order valence-electron chi connectivity index (χ0n) is 10.6. The summed E-state index contributed by atoms with van der Waals surface area (Å²) in [6.07, 6.45) is 5.70. The van der Waals surface area contributed by atoms with Crippen molar-refractivity contribution in [1.29, 1.82) is 0 Å². The highest BCUT2D eigenvalue weighted by Crippen LogP contribution is 2.28. The summed E-state index contributed by atoms with van der Waals surface area (Å²) in [6, 6.07) is 1.66. The van der Waals surface area contributed by atoms with E-state index in [4.69, 9.17) is 0 Å². The summed E-state index contributed by atoms with van der Waals surface area (Å²) < 4.78 is 0. The van der Waals surface area contributed by atoms with E-state index in [1.807, 2.05) is 0 Å². The van der Waals surface area contributed by atoms with Gasteiger partial charge in [0.2, 0.25) is 0 Å². The van der Waals surface area contributed by atoms with E-state index in [0.717, 1.165) is 17.3 Å². The quantitative estimate of drug-likeness (QED) is 0.845. The van der Waals surface area contributed by atoms with Crippen LogP contribution in [0.4, 0.5) is 0 Å². The van der Waals surface area contributed by atoms with E-state index >= 15 is 0 Å². The maximum absolute atomic E-state index is 3.87. The standard InChI is InChI=1S/C13H24N2S2/c1-2-5-15-6-4-12(13(15)3-1)14-9-11-10-16-7-8-17-11/h11-14H,1-10H2. The molecular weight excluding hydrogens is 248 g/mol. The van der Waals surface area contributed by atoms with E-state index in [9.17, 15) is 0 Å². The molecular formula is C13H24N2S2. The van der Waals surface area contributed by atoms with Crippen LogP contribution in [0.15, 0.2) is 0 Å². The van der Waals surface area contributed by atoms with E-state index in [1.54, 1.807) is 0 Å². The number of nitrogens with one attached hydrogen (secondary N) is 1. The predicted octanol–water partition coefficient (Wildman–Crippen LogP) is 2.05. The molecule has 1 N–H and O–H groups in total. The molecule has 0 saturated carbocycles. The van der Waals surface area contributed by atoms with Crippen molar-refractivity contribution in [2.45, 2.75) is 43.0 Å². The van der Waals surface area contributed by atoms with Crippen molar-refractivity contribution in [3.05, 3.63) is 0 Å². The fraction of sp³-hybridized carbons (Fsp3) is 1.00. The Morgan fingerprint density at radius 1 is 1.12 bits per heavy atom. The second-order valence-electron chi connectivity index (χ2n) is 5.47. The van der Waals surface area contributed by atoms with Crippen molar-refractivity contribution < 1.29 is 0 Å². The number of piperidine rings is 1. The van der Waals surface area contributed by atoms with Gasteiger partial charge in [0, 0.05) is 47.7 Å². The van der Waals surface area contributed by atoms with Crippen LogP contribution in [0, 0.1) is 0 Å². The van der Waals surface area contributed by atoms with Crippen LogP contribution in [0.3, 0.4) is 0 Å². The smallest absolute Gasteiger partial charge is 0.0263 e. The first-order chi connectivity index (χ1) is 8.43. The van der Waals surface area contributed by atoms with Crippen LogP contribution in [-0.2, 0) is 0 Å². The third-order valence-corrected chi connectivity index (χ3v) is 7.19. The molecule has 3 aliphatic heterocycles. The average molecular weight is 272 g/mol. The molecule has 3 unspecified atom stereocenters. The minimum atomic E-state index is 0.794. The van der Waals surface area contributed by atoms with Crippen LogP contribution >= 0.6 is 23.5 Å². The molecule has 4 heteroatoms. The number of thioether (sulfide) groups is 2. The second-order valence-corrected chi connectivity index (χ2v) is 8.03. The zero-order chi connectivity index (χ0) is 11.5. The molecule has 0 aromatic carbocycles. The van der Waals surface area contributed by atoms with E-state index in [-0.39, 0.29) is 0 Å². The van der Waals surface area contributed by atoms with Crippen LogP contribution in [0.5, 0.6) is 0 Å². The number of hydrogen-bond donors (Lipinski definition) is 1. The Morgan fingerprint density at radius 2 is 2.12 bits per heavy atom. The molecule has 0 aromatic rings. The molecule has 3 heterocycles. The molecule has 0 aliphatic carbocycles. The van der Waals surface area contributed by atoms with Crippen molar-refractivity contribution >= 4 is 23.5 Å². The minimum Gasteiger partial charge on any atom is -0.311 e. The lowest BCUT2D eigenvalue weighted by atomic mass is 9.99. The Morgan fingerprint density at radius 3 is 3.00 bits per heavy atom. The SMILES string of the molecule is C1CCN2CCC(NCC3CSCCS3)C2C1. The predicted molar refractivity (Wildman–Crippen MR) is 79.2 cm³/mol. The van der Waals surface area contributed by atoms with Crippen molar-refractivity contribution in [2.75, 3.05) is 36.9 Å². The van der Waals surface area contributed by atoms with Gasteiger partial charge in [0.15, 0.2) is 0 Å². The highest BCUT2D eigenvalue weighted by atomic mass is 32.2. The van der Waals surface area contributed by atoms with Crippen molar-refractivity contribution in [3.63, 3.8) is 0 Å². The molecule has 0 spiro atoms. The molecule has 2 nitrogen and oxygen atoms in total. The van der Waals surface area contributed by atoms with Gasteiger partial charge in [0.05, 0.1) is 0 Å². The lowest BCUT2D eigenvalue weighted by Crippen LogP contribution is -2.46. The van der Waals surface area contributed by atoms with Crippen LogP contribution in [0.1, 0.15) is 25.7 Å². The van der Waals surface area contributed by atoms with Gasteiger partial charge in [0.25, 0.3) is 0 Å². The summed E-state index contributed by atoms with van der Waals surface area (Å²) in [5.41, 5.74) is 0. The first-order valence-electron chi connectivity index (χ1n) is 7.10. The van der Waals surface area contributed by atoms with E-state index < -0.39 is 0 Å². The average Bonchev–Trinajstić information content (AvgIpc) is 2.81. The Balaban J connectivity index is 1.45. The summed E-state index contributed by atoms with van der Waals surface area (Å²) in [5, 5.41) is 4.74. The van der Waals surface area contributed by atoms with Gasteiger partial charge < -0.3 is 5.32 Å². The number of hydrogen-bond acceptors (Lipinski definition) is 4. The van der Waals surface area contributed by atoms with E-state index in [0.29, 0.717) is 0 Å². The fourth-order valence-electron chi connectivity index (χ4n) is 3.42.